The summed E-state index contributed by atoms with van der Waals surface area (Å²) in [5, 5.41) is 0. The Morgan fingerprint density at radius 2 is 1.47 bits per heavy atom. The number of hydrogen-bond donors (Lipinski definition) is 0. The topological polar surface area (TPSA) is 132 Å². The fraction of sp³-hybridized carbons (Fsp3) is 0.821. The molecule has 0 N–H and O–H groups in total. The molecule has 11 atom stereocenters. The molecule has 10 heteroatoms. The summed E-state index contributed by atoms with van der Waals surface area (Å²) >= 11 is 0. The molecule has 10 nitrogen and oxygen atoms in total. The van der Waals surface area contributed by atoms with Crippen molar-refractivity contribution >= 4 is 29.7 Å². The first-order valence-corrected chi connectivity index (χ1v) is 13.6. The molecule has 2 saturated heterocycles. The summed E-state index contributed by atoms with van der Waals surface area (Å²) in [4.78, 5) is 64.1. The molecule has 6 aliphatic rings. The maximum Gasteiger partial charge on any atom is 0.304 e. The SMILES string of the molecule is CC(=O)O[C@@H]1O[C@H]2C[C@@H]3C(C)(C)CC[C@@H](OC(C)=O)[C@]13[C@@H]1[C@@H](OC(C)=O)C[C@@H]3[C@@H](OC(C)=O)[C@@]21C(=O)[C@@H]3C. The van der Waals surface area contributed by atoms with E-state index in [-0.39, 0.29) is 29.5 Å². The van der Waals surface area contributed by atoms with E-state index in [9.17, 15) is 24.0 Å². The highest BCUT2D eigenvalue weighted by molar-refractivity contribution is 5.93. The molecular formula is C28H38O10. The number of carbonyl (C=O) groups is 5. The Morgan fingerprint density at radius 1 is 0.868 bits per heavy atom. The third-order valence-corrected chi connectivity index (χ3v) is 10.3. The van der Waals surface area contributed by atoms with Crippen molar-refractivity contribution < 1.29 is 47.7 Å². The van der Waals surface area contributed by atoms with Gasteiger partial charge in [0, 0.05) is 45.4 Å². The van der Waals surface area contributed by atoms with Crippen LogP contribution in [0.15, 0.2) is 0 Å². The van der Waals surface area contributed by atoms with Gasteiger partial charge in [-0.25, -0.2) is 0 Å². The molecule has 0 aromatic heterocycles. The summed E-state index contributed by atoms with van der Waals surface area (Å²) in [5.74, 6) is -4.03. The third-order valence-electron chi connectivity index (χ3n) is 10.3. The van der Waals surface area contributed by atoms with Gasteiger partial charge >= 0.3 is 23.9 Å². The fourth-order valence-electron chi connectivity index (χ4n) is 9.40. The molecule has 38 heavy (non-hydrogen) atoms. The molecule has 0 radical (unpaired) electrons. The normalized spacial score (nSPS) is 45.9. The minimum atomic E-state index is -1.34. The predicted octanol–water partition coefficient (Wildman–Crippen LogP) is 2.74. The summed E-state index contributed by atoms with van der Waals surface area (Å²) in [7, 11) is 0. The fourth-order valence-corrected chi connectivity index (χ4v) is 9.40. The van der Waals surface area contributed by atoms with Gasteiger partial charge < -0.3 is 23.7 Å². The summed E-state index contributed by atoms with van der Waals surface area (Å²) in [5.41, 5.74) is -2.86. The lowest BCUT2D eigenvalue weighted by atomic mass is 9.36. The van der Waals surface area contributed by atoms with Crippen molar-refractivity contribution in [3.8, 4) is 0 Å². The van der Waals surface area contributed by atoms with Crippen molar-refractivity contribution in [3.63, 3.8) is 0 Å². The van der Waals surface area contributed by atoms with Crippen molar-refractivity contribution in [2.24, 2.45) is 39.9 Å². The average Bonchev–Trinajstić information content (AvgIpc) is 2.90. The van der Waals surface area contributed by atoms with Crippen LogP contribution in [0.2, 0.25) is 0 Å². The van der Waals surface area contributed by atoms with E-state index in [1.807, 2.05) is 6.92 Å². The van der Waals surface area contributed by atoms with E-state index in [0.29, 0.717) is 12.8 Å². The van der Waals surface area contributed by atoms with Crippen LogP contribution in [0.25, 0.3) is 0 Å². The molecule has 2 aliphatic heterocycles. The highest BCUT2D eigenvalue weighted by Crippen LogP contribution is 2.76. The Kier molecular flexibility index (Phi) is 6.25. The van der Waals surface area contributed by atoms with Gasteiger partial charge in [-0.05, 0) is 37.0 Å². The number of esters is 4. The highest BCUT2D eigenvalue weighted by Gasteiger charge is 2.86. The van der Waals surface area contributed by atoms with Crippen LogP contribution in [0.5, 0.6) is 0 Å². The second kappa shape index (κ2) is 8.76. The molecule has 0 aromatic carbocycles. The van der Waals surface area contributed by atoms with E-state index in [4.69, 9.17) is 23.7 Å². The summed E-state index contributed by atoms with van der Waals surface area (Å²) in [6.45, 7) is 11.3. The van der Waals surface area contributed by atoms with Gasteiger partial charge in [-0.3, -0.25) is 24.0 Å². The Morgan fingerprint density at radius 3 is 2.05 bits per heavy atom. The van der Waals surface area contributed by atoms with Crippen LogP contribution >= 0.6 is 0 Å². The van der Waals surface area contributed by atoms with Gasteiger partial charge in [-0.1, -0.05) is 20.8 Å². The average molecular weight is 535 g/mol. The second-order valence-corrected chi connectivity index (χ2v) is 12.6. The Balaban J connectivity index is 1.83. The highest BCUT2D eigenvalue weighted by atomic mass is 16.7. The van der Waals surface area contributed by atoms with Crippen LogP contribution in [-0.2, 0) is 47.7 Å². The molecule has 2 spiro atoms. The van der Waals surface area contributed by atoms with E-state index in [1.165, 1.54) is 27.7 Å². The van der Waals surface area contributed by atoms with Gasteiger partial charge in [0.15, 0.2) is 0 Å². The number of rotatable bonds is 4. The monoisotopic (exact) mass is 534 g/mol. The van der Waals surface area contributed by atoms with Crippen LogP contribution in [0.4, 0.5) is 0 Å². The minimum absolute atomic E-state index is 0.109. The van der Waals surface area contributed by atoms with E-state index >= 15 is 0 Å². The lowest BCUT2D eigenvalue weighted by Gasteiger charge is -2.73. The second-order valence-electron chi connectivity index (χ2n) is 12.6. The number of fused-ring (bicyclic) bond motifs is 2. The van der Waals surface area contributed by atoms with E-state index in [2.05, 4.69) is 13.8 Å². The first-order chi connectivity index (χ1) is 17.7. The Labute approximate surface area is 222 Å². The van der Waals surface area contributed by atoms with Crippen LogP contribution in [0.1, 0.15) is 74.1 Å². The van der Waals surface area contributed by atoms with Crippen molar-refractivity contribution in [3.05, 3.63) is 0 Å². The van der Waals surface area contributed by atoms with Gasteiger partial charge in [0.05, 0.1) is 16.9 Å². The number of carbonyl (C=O) groups excluding carboxylic acids is 5. The molecule has 0 aromatic rings. The molecule has 6 fully saturated rings. The molecule has 4 aliphatic carbocycles. The van der Waals surface area contributed by atoms with E-state index < -0.39 is 77.2 Å². The van der Waals surface area contributed by atoms with Crippen molar-refractivity contribution in [2.45, 2.75) is 105 Å². The summed E-state index contributed by atoms with van der Waals surface area (Å²) in [6, 6.07) is 0. The van der Waals surface area contributed by atoms with Gasteiger partial charge in [0.1, 0.15) is 24.1 Å². The lowest BCUT2D eigenvalue weighted by molar-refractivity contribution is -0.410. The zero-order valence-corrected chi connectivity index (χ0v) is 23.1. The number of ketones is 1. The van der Waals surface area contributed by atoms with Gasteiger partial charge in [0.2, 0.25) is 6.29 Å². The van der Waals surface area contributed by atoms with Gasteiger partial charge in [-0.15, -0.1) is 0 Å². The summed E-state index contributed by atoms with van der Waals surface area (Å²) < 4.78 is 30.3. The van der Waals surface area contributed by atoms with Crippen LogP contribution < -0.4 is 0 Å². The molecule has 6 rings (SSSR count). The van der Waals surface area contributed by atoms with Gasteiger partial charge in [0.25, 0.3) is 0 Å². The molecule has 0 unspecified atom stereocenters. The van der Waals surface area contributed by atoms with E-state index in [0.717, 1.165) is 6.42 Å². The van der Waals surface area contributed by atoms with Crippen LogP contribution in [0.3, 0.4) is 0 Å². The largest absolute Gasteiger partial charge is 0.462 e. The van der Waals surface area contributed by atoms with Crippen molar-refractivity contribution in [1.29, 1.82) is 0 Å². The number of Topliss-reactive ketones (excluding diaryl/α,β-unsaturated/α-hetero) is 1. The van der Waals surface area contributed by atoms with Crippen LogP contribution in [0, 0.1) is 39.9 Å². The van der Waals surface area contributed by atoms with Gasteiger partial charge in [-0.2, -0.15) is 0 Å². The quantitative estimate of drug-likeness (QED) is 0.392. The van der Waals surface area contributed by atoms with Crippen molar-refractivity contribution in [2.75, 3.05) is 0 Å². The summed E-state index contributed by atoms with van der Waals surface area (Å²) in [6.07, 6.45) is -2.33. The zero-order valence-electron chi connectivity index (χ0n) is 23.1. The zero-order chi connectivity index (χ0) is 27.9. The molecule has 2 heterocycles. The minimum Gasteiger partial charge on any atom is -0.462 e. The first kappa shape index (κ1) is 27.1. The maximum absolute atomic E-state index is 14.4. The number of ether oxygens (including phenoxy) is 5. The molecule has 0 amide bonds. The molecule has 210 valence electrons. The molecule has 4 saturated carbocycles. The Bertz CT molecular complexity index is 1060. The molecule has 4 bridgehead atoms. The Hall–Kier alpha value is -2.49. The first-order valence-electron chi connectivity index (χ1n) is 13.6. The maximum atomic E-state index is 14.4. The molecular weight excluding hydrogens is 496 g/mol. The van der Waals surface area contributed by atoms with Crippen molar-refractivity contribution in [1.82, 2.24) is 0 Å². The predicted molar refractivity (Wildman–Crippen MR) is 129 cm³/mol. The van der Waals surface area contributed by atoms with Crippen LogP contribution in [-0.4, -0.2) is 60.4 Å². The lowest BCUT2D eigenvalue weighted by Crippen LogP contribution is -2.81. The third kappa shape index (κ3) is 3.44. The number of hydrogen-bond acceptors (Lipinski definition) is 10. The smallest absolute Gasteiger partial charge is 0.304 e. The van der Waals surface area contributed by atoms with E-state index in [1.54, 1.807) is 0 Å². The standard InChI is InChI=1S/C28H38O10/c1-12-17-10-18(34-13(2)29)22-27-19(26(6,7)9-8-20(27)35-14(3)30)11-21(38-25(27)37-16(5)32)28(22,23(12)33)24(17)36-15(4)31/h12,17-22,24-25H,8-11H2,1-7H3/t12-,17+,18+,19-,20-,21+,22+,24-,25-,27-,28+/m1/s1.